The fraction of sp³-hybridized carbons (Fsp3) is 0.192. The molecule has 1 heterocycles. The summed E-state index contributed by atoms with van der Waals surface area (Å²) in [6.07, 6.45) is -0.424. The third-order valence-corrected chi connectivity index (χ3v) is 6.50. The molecule has 4 aromatic rings. The third-order valence-electron chi connectivity index (χ3n) is 5.54. The average molecular weight is 475 g/mol. The molecule has 3 amide bonds. The van der Waals surface area contributed by atoms with Crippen LogP contribution in [0.4, 0.5) is 14.7 Å². The molecule has 0 unspecified atom stereocenters. The highest BCUT2D eigenvalue weighted by Crippen LogP contribution is 2.29. The number of hydrogen-bond donors (Lipinski definition) is 3. The molecule has 3 aromatic carbocycles. The van der Waals surface area contributed by atoms with Gasteiger partial charge in [-0.2, -0.15) is 0 Å². The minimum absolute atomic E-state index is 0.104. The number of amides is 3. The van der Waals surface area contributed by atoms with Crippen molar-refractivity contribution in [1.29, 1.82) is 0 Å². The van der Waals surface area contributed by atoms with Crippen LogP contribution < -0.4 is 10.6 Å². The summed E-state index contributed by atoms with van der Waals surface area (Å²) < 4.78 is 0.991. The second-order valence-corrected chi connectivity index (χ2v) is 8.83. The second-order valence-electron chi connectivity index (χ2n) is 7.80. The van der Waals surface area contributed by atoms with E-state index in [1.807, 2.05) is 60.7 Å². The molecule has 8 heteroatoms. The van der Waals surface area contributed by atoms with Gasteiger partial charge in [-0.3, -0.25) is 5.32 Å². The van der Waals surface area contributed by atoms with Crippen LogP contribution in [-0.2, 0) is 0 Å². The number of rotatable bonds is 9. The number of para-hydroxylation sites is 1. The Bertz CT molecular complexity index is 1160. The molecule has 0 aliphatic carbocycles. The number of aromatic nitrogens is 1. The maximum atomic E-state index is 13.2. The second kappa shape index (κ2) is 11.3. The maximum Gasteiger partial charge on any atom is 0.404 e. The van der Waals surface area contributed by atoms with Crippen molar-refractivity contribution in [3.63, 3.8) is 0 Å². The van der Waals surface area contributed by atoms with Gasteiger partial charge in [0.15, 0.2) is 5.13 Å². The molecular weight excluding hydrogens is 448 g/mol. The van der Waals surface area contributed by atoms with Crippen LogP contribution in [0.15, 0.2) is 84.9 Å². The predicted molar refractivity (Wildman–Crippen MR) is 136 cm³/mol. The molecule has 0 saturated carbocycles. The molecule has 0 saturated heterocycles. The number of thiazole rings is 1. The molecule has 1 aromatic heterocycles. The zero-order valence-electron chi connectivity index (χ0n) is 18.6. The Hall–Kier alpha value is -3.91. The zero-order chi connectivity index (χ0) is 23.8. The van der Waals surface area contributed by atoms with Gasteiger partial charge in [-0.15, -0.1) is 0 Å². The zero-order valence-corrected chi connectivity index (χ0v) is 19.4. The normalized spacial score (nSPS) is 10.9. The lowest BCUT2D eigenvalue weighted by Gasteiger charge is -2.26. The lowest BCUT2D eigenvalue weighted by molar-refractivity contribution is 0.189. The number of fused-ring (bicyclic) bond motifs is 1. The van der Waals surface area contributed by atoms with E-state index in [-0.39, 0.29) is 25.0 Å². The predicted octanol–water partition coefficient (Wildman–Crippen LogP) is 5.62. The van der Waals surface area contributed by atoms with Crippen LogP contribution in [0.2, 0.25) is 0 Å². The van der Waals surface area contributed by atoms with E-state index in [1.54, 1.807) is 4.90 Å². The number of hydrogen-bond acceptors (Lipinski definition) is 4. The van der Waals surface area contributed by atoms with Crippen molar-refractivity contribution in [2.45, 2.75) is 12.3 Å². The molecule has 0 spiro atoms. The average Bonchev–Trinajstić information content (AvgIpc) is 3.26. The largest absolute Gasteiger partial charge is 0.465 e. The first-order chi connectivity index (χ1) is 16.6. The molecule has 3 N–H and O–H groups in total. The topological polar surface area (TPSA) is 94.6 Å². The Morgan fingerprint density at radius 3 is 2.12 bits per heavy atom. The van der Waals surface area contributed by atoms with Gasteiger partial charge >= 0.3 is 12.1 Å². The van der Waals surface area contributed by atoms with E-state index in [1.165, 1.54) is 22.5 Å². The quantitative estimate of drug-likeness (QED) is 0.293. The van der Waals surface area contributed by atoms with E-state index in [4.69, 9.17) is 5.11 Å². The van der Waals surface area contributed by atoms with Crippen LogP contribution in [0.25, 0.3) is 10.2 Å². The minimum atomic E-state index is -1.11. The number of carboxylic acid groups (broad SMARTS) is 1. The Kier molecular flexibility index (Phi) is 7.72. The summed E-state index contributed by atoms with van der Waals surface area (Å²) in [5, 5.41) is 14.7. The van der Waals surface area contributed by atoms with Gasteiger partial charge in [-0.1, -0.05) is 84.1 Å². The number of benzene rings is 3. The van der Waals surface area contributed by atoms with Crippen LogP contribution in [0.5, 0.6) is 0 Å². The summed E-state index contributed by atoms with van der Waals surface area (Å²) in [4.78, 5) is 30.2. The number of nitrogens with zero attached hydrogens (tertiary/aromatic N) is 2. The van der Waals surface area contributed by atoms with E-state index in [0.717, 1.165) is 10.2 Å². The van der Waals surface area contributed by atoms with Gasteiger partial charge in [-0.05, 0) is 29.7 Å². The number of nitrogens with one attached hydrogen (secondary N) is 2. The van der Waals surface area contributed by atoms with Crippen molar-refractivity contribution in [3.8, 4) is 0 Å². The Morgan fingerprint density at radius 1 is 0.882 bits per heavy atom. The van der Waals surface area contributed by atoms with Crippen molar-refractivity contribution in [2.75, 3.05) is 25.0 Å². The fourth-order valence-corrected chi connectivity index (χ4v) is 4.75. The number of urea groups is 1. The lowest BCUT2D eigenvalue weighted by Crippen LogP contribution is -2.41. The van der Waals surface area contributed by atoms with Crippen molar-refractivity contribution >= 4 is 38.8 Å². The lowest BCUT2D eigenvalue weighted by atomic mass is 9.88. The molecule has 34 heavy (non-hydrogen) atoms. The summed E-state index contributed by atoms with van der Waals surface area (Å²) >= 11 is 1.41. The SMILES string of the molecule is O=C(O)NCCN(CCC(c1ccccc1)c1ccccc1)C(=O)Nc1nc2ccccc2s1. The first-order valence-electron chi connectivity index (χ1n) is 11.1. The van der Waals surface area contributed by atoms with Crippen molar-refractivity contribution in [2.24, 2.45) is 0 Å². The summed E-state index contributed by atoms with van der Waals surface area (Å²) in [6, 6.07) is 27.8. The van der Waals surface area contributed by atoms with Crippen molar-refractivity contribution in [3.05, 3.63) is 96.1 Å². The van der Waals surface area contributed by atoms with Crippen LogP contribution in [0.1, 0.15) is 23.5 Å². The highest BCUT2D eigenvalue weighted by atomic mass is 32.1. The fourth-order valence-electron chi connectivity index (χ4n) is 3.89. The minimum Gasteiger partial charge on any atom is -0.465 e. The highest BCUT2D eigenvalue weighted by Gasteiger charge is 2.20. The molecule has 0 aliphatic heterocycles. The van der Waals surface area contributed by atoms with E-state index >= 15 is 0 Å². The van der Waals surface area contributed by atoms with E-state index < -0.39 is 6.09 Å². The Balaban J connectivity index is 1.50. The van der Waals surface area contributed by atoms with Crippen LogP contribution in [0, 0.1) is 0 Å². The van der Waals surface area contributed by atoms with Crippen LogP contribution in [-0.4, -0.2) is 46.7 Å². The molecule has 0 fully saturated rings. The molecule has 7 nitrogen and oxygen atoms in total. The molecule has 0 atom stereocenters. The summed E-state index contributed by atoms with van der Waals surface area (Å²) in [7, 11) is 0. The maximum absolute atomic E-state index is 13.2. The van der Waals surface area contributed by atoms with Gasteiger partial charge in [-0.25, -0.2) is 14.6 Å². The van der Waals surface area contributed by atoms with Crippen molar-refractivity contribution in [1.82, 2.24) is 15.2 Å². The standard InChI is InChI=1S/C26H26N4O3S/c31-25(29-24-28-22-13-7-8-14-23(22)34-24)30(18-16-27-26(32)33)17-15-21(19-9-3-1-4-10-19)20-11-5-2-6-12-20/h1-14,21,27H,15-18H2,(H,32,33)(H,28,29,31). The third kappa shape index (κ3) is 6.11. The smallest absolute Gasteiger partial charge is 0.404 e. The molecule has 4 rings (SSSR count). The Labute approximate surface area is 202 Å². The van der Waals surface area contributed by atoms with E-state index in [9.17, 15) is 9.59 Å². The van der Waals surface area contributed by atoms with Gasteiger partial charge in [0, 0.05) is 25.6 Å². The first kappa shape index (κ1) is 23.3. The number of carbonyl (C=O) groups excluding carboxylic acids is 1. The van der Waals surface area contributed by atoms with Gasteiger partial charge in [0.1, 0.15) is 0 Å². The van der Waals surface area contributed by atoms with Gasteiger partial charge in [0.05, 0.1) is 10.2 Å². The van der Waals surface area contributed by atoms with Crippen molar-refractivity contribution < 1.29 is 14.7 Å². The number of anilines is 1. The van der Waals surface area contributed by atoms with E-state index in [0.29, 0.717) is 18.1 Å². The van der Waals surface area contributed by atoms with Crippen LogP contribution in [0.3, 0.4) is 0 Å². The molecule has 174 valence electrons. The molecule has 0 bridgehead atoms. The van der Waals surface area contributed by atoms with Gasteiger partial charge in [0.25, 0.3) is 0 Å². The monoisotopic (exact) mass is 474 g/mol. The Morgan fingerprint density at radius 2 is 1.50 bits per heavy atom. The van der Waals surface area contributed by atoms with Gasteiger partial charge in [0.2, 0.25) is 0 Å². The highest BCUT2D eigenvalue weighted by molar-refractivity contribution is 7.22. The number of carbonyl (C=O) groups is 2. The molecule has 0 aliphatic rings. The van der Waals surface area contributed by atoms with E-state index in [2.05, 4.69) is 39.9 Å². The molecular formula is C26H26N4O3S. The first-order valence-corrected chi connectivity index (χ1v) is 11.9. The summed E-state index contributed by atoms with van der Waals surface area (Å²) in [5.41, 5.74) is 3.17. The summed E-state index contributed by atoms with van der Waals surface area (Å²) in [5.74, 6) is 0.104. The molecule has 0 radical (unpaired) electrons. The van der Waals surface area contributed by atoms with Crippen LogP contribution >= 0.6 is 11.3 Å². The summed E-state index contributed by atoms with van der Waals surface area (Å²) in [6.45, 7) is 0.843. The van der Waals surface area contributed by atoms with Gasteiger partial charge < -0.3 is 15.3 Å².